The zero-order chi connectivity index (χ0) is 14.7. The van der Waals surface area contributed by atoms with Crippen LogP contribution in [0.3, 0.4) is 0 Å². The summed E-state index contributed by atoms with van der Waals surface area (Å²) in [5.41, 5.74) is 1.38. The first-order chi connectivity index (χ1) is 9.60. The van der Waals surface area contributed by atoms with Crippen LogP contribution in [0.4, 0.5) is 0 Å². The lowest BCUT2D eigenvalue weighted by Crippen LogP contribution is -2.04. The van der Waals surface area contributed by atoms with Crippen molar-refractivity contribution in [3.63, 3.8) is 0 Å². The number of carbonyl (C=O) groups excluding carboxylic acids is 1. The van der Waals surface area contributed by atoms with Gasteiger partial charge in [0.15, 0.2) is 17.3 Å². The number of aryl methyl sites for hydroxylation is 2. The molecule has 0 bridgehead atoms. The molecule has 0 aliphatic heterocycles. The van der Waals surface area contributed by atoms with Crippen molar-refractivity contribution in [1.82, 2.24) is 0 Å². The molecule has 2 rings (SSSR count). The smallest absolute Gasteiger partial charge is 0.228 e. The van der Waals surface area contributed by atoms with Crippen LogP contribution in [0.2, 0.25) is 0 Å². The van der Waals surface area contributed by atoms with Crippen LogP contribution >= 0.6 is 0 Å². The molecular formula is C16H18O4. The Labute approximate surface area is 118 Å². The van der Waals surface area contributed by atoms with Crippen molar-refractivity contribution in [3.05, 3.63) is 46.9 Å². The van der Waals surface area contributed by atoms with Crippen LogP contribution in [-0.4, -0.2) is 20.0 Å². The first-order valence-corrected chi connectivity index (χ1v) is 6.46. The van der Waals surface area contributed by atoms with Crippen molar-refractivity contribution in [1.29, 1.82) is 0 Å². The Morgan fingerprint density at radius 3 is 2.35 bits per heavy atom. The maximum Gasteiger partial charge on any atom is 0.228 e. The molecule has 20 heavy (non-hydrogen) atoms. The van der Waals surface area contributed by atoms with Crippen LogP contribution in [0.1, 0.15) is 34.4 Å². The van der Waals surface area contributed by atoms with Crippen LogP contribution in [0.5, 0.6) is 11.5 Å². The Bertz CT molecular complexity index is 625. The molecule has 0 saturated heterocycles. The van der Waals surface area contributed by atoms with Crippen LogP contribution in [0, 0.1) is 6.92 Å². The number of hydrogen-bond donors (Lipinski definition) is 0. The summed E-state index contributed by atoms with van der Waals surface area (Å²) in [5, 5.41) is 0. The highest BCUT2D eigenvalue weighted by Crippen LogP contribution is 2.31. The molecule has 106 valence electrons. The summed E-state index contributed by atoms with van der Waals surface area (Å²) in [6.07, 6.45) is 0.762. The zero-order valence-electron chi connectivity index (χ0n) is 12.1. The van der Waals surface area contributed by atoms with Crippen LogP contribution < -0.4 is 9.47 Å². The predicted molar refractivity (Wildman–Crippen MR) is 75.8 cm³/mol. The molecule has 0 saturated carbocycles. The summed E-state index contributed by atoms with van der Waals surface area (Å²) in [4.78, 5) is 12.5. The minimum Gasteiger partial charge on any atom is -0.493 e. The van der Waals surface area contributed by atoms with Gasteiger partial charge >= 0.3 is 0 Å². The Morgan fingerprint density at radius 1 is 1.15 bits per heavy atom. The van der Waals surface area contributed by atoms with Crippen molar-refractivity contribution in [2.75, 3.05) is 14.2 Å². The summed E-state index contributed by atoms with van der Waals surface area (Å²) >= 11 is 0. The summed E-state index contributed by atoms with van der Waals surface area (Å²) in [5.74, 6) is 2.13. The van der Waals surface area contributed by atoms with Gasteiger partial charge in [0.1, 0.15) is 5.76 Å². The van der Waals surface area contributed by atoms with Gasteiger partial charge in [-0.1, -0.05) is 6.92 Å². The highest BCUT2D eigenvalue weighted by Gasteiger charge is 2.18. The number of rotatable bonds is 5. The van der Waals surface area contributed by atoms with Gasteiger partial charge in [0.05, 0.1) is 14.2 Å². The summed E-state index contributed by atoms with van der Waals surface area (Å²) in [6.45, 7) is 3.84. The van der Waals surface area contributed by atoms with Crippen LogP contribution in [-0.2, 0) is 6.42 Å². The van der Waals surface area contributed by atoms with E-state index >= 15 is 0 Å². The lowest BCUT2D eigenvalue weighted by Gasteiger charge is -2.11. The molecule has 0 N–H and O–H groups in total. The predicted octanol–water partition coefficient (Wildman–Crippen LogP) is 3.40. The van der Waals surface area contributed by atoms with Gasteiger partial charge in [-0.2, -0.15) is 0 Å². The molecule has 0 spiro atoms. The third-order valence-corrected chi connectivity index (χ3v) is 3.21. The molecule has 4 nitrogen and oxygen atoms in total. The fourth-order valence-corrected chi connectivity index (χ4v) is 2.05. The molecular weight excluding hydrogens is 256 g/mol. The van der Waals surface area contributed by atoms with E-state index in [1.54, 1.807) is 32.4 Å². The zero-order valence-corrected chi connectivity index (χ0v) is 12.1. The van der Waals surface area contributed by atoms with E-state index in [2.05, 4.69) is 0 Å². The van der Waals surface area contributed by atoms with Gasteiger partial charge in [0, 0.05) is 12.0 Å². The lowest BCUT2D eigenvalue weighted by molar-refractivity contribution is 0.101. The van der Waals surface area contributed by atoms with Crippen molar-refractivity contribution in [2.24, 2.45) is 0 Å². The standard InChI is InChI=1S/C16H18O4/c1-5-11-6-7-13(20-11)16(17)12-9-15(19-4)14(18-3)8-10(12)2/h6-9H,5H2,1-4H3. The molecule has 1 heterocycles. The molecule has 0 fully saturated rings. The van der Waals surface area contributed by atoms with E-state index in [0.717, 1.165) is 17.7 Å². The topological polar surface area (TPSA) is 48.7 Å². The lowest BCUT2D eigenvalue weighted by atomic mass is 10.0. The third kappa shape index (κ3) is 2.54. The maximum atomic E-state index is 12.5. The van der Waals surface area contributed by atoms with Gasteiger partial charge in [0.25, 0.3) is 0 Å². The number of benzene rings is 1. The first-order valence-electron chi connectivity index (χ1n) is 6.46. The molecule has 0 radical (unpaired) electrons. The largest absolute Gasteiger partial charge is 0.493 e. The van der Waals surface area contributed by atoms with Crippen LogP contribution in [0.25, 0.3) is 0 Å². The Balaban J connectivity index is 2.43. The summed E-state index contributed by atoms with van der Waals surface area (Å²) in [7, 11) is 3.11. The fourth-order valence-electron chi connectivity index (χ4n) is 2.05. The fraction of sp³-hybridized carbons (Fsp3) is 0.312. The molecule has 2 aromatic rings. The molecule has 4 heteroatoms. The number of hydrogen-bond acceptors (Lipinski definition) is 4. The molecule has 1 aromatic heterocycles. The quantitative estimate of drug-likeness (QED) is 0.784. The van der Waals surface area contributed by atoms with E-state index in [0.29, 0.717) is 22.8 Å². The number of ether oxygens (including phenoxy) is 2. The SMILES string of the molecule is CCc1ccc(C(=O)c2cc(OC)c(OC)cc2C)o1. The molecule has 1 aromatic carbocycles. The molecule has 0 aliphatic rings. The van der Waals surface area contributed by atoms with E-state index in [1.165, 1.54) is 0 Å². The Hall–Kier alpha value is -2.23. The second-order valence-corrected chi connectivity index (χ2v) is 4.47. The second kappa shape index (κ2) is 5.82. The number of methoxy groups -OCH3 is 2. The van der Waals surface area contributed by atoms with Gasteiger partial charge in [-0.25, -0.2) is 0 Å². The average Bonchev–Trinajstić information content (AvgIpc) is 2.95. The minimum absolute atomic E-state index is 0.150. The maximum absolute atomic E-state index is 12.5. The number of furan rings is 1. The van der Waals surface area contributed by atoms with E-state index in [-0.39, 0.29) is 5.78 Å². The molecule has 0 unspecified atom stereocenters. The number of ketones is 1. The van der Waals surface area contributed by atoms with E-state index < -0.39 is 0 Å². The number of carbonyl (C=O) groups is 1. The van der Waals surface area contributed by atoms with Gasteiger partial charge in [0.2, 0.25) is 5.78 Å². The van der Waals surface area contributed by atoms with Gasteiger partial charge in [-0.05, 0) is 36.8 Å². The third-order valence-electron chi connectivity index (χ3n) is 3.21. The second-order valence-electron chi connectivity index (χ2n) is 4.47. The Kier molecular flexibility index (Phi) is 4.13. The highest BCUT2D eigenvalue weighted by atomic mass is 16.5. The molecule has 0 amide bonds. The Morgan fingerprint density at radius 2 is 1.80 bits per heavy atom. The normalized spacial score (nSPS) is 10.4. The van der Waals surface area contributed by atoms with Crippen molar-refractivity contribution in [2.45, 2.75) is 20.3 Å². The first kappa shape index (κ1) is 14.2. The molecule has 0 aliphatic carbocycles. The monoisotopic (exact) mass is 274 g/mol. The van der Waals surface area contributed by atoms with E-state index in [9.17, 15) is 4.79 Å². The van der Waals surface area contributed by atoms with E-state index in [1.807, 2.05) is 19.9 Å². The molecule has 0 atom stereocenters. The van der Waals surface area contributed by atoms with Gasteiger partial charge in [-0.15, -0.1) is 0 Å². The van der Waals surface area contributed by atoms with Crippen molar-refractivity contribution < 1.29 is 18.7 Å². The van der Waals surface area contributed by atoms with Crippen molar-refractivity contribution >= 4 is 5.78 Å². The average molecular weight is 274 g/mol. The van der Waals surface area contributed by atoms with Gasteiger partial charge in [-0.3, -0.25) is 4.79 Å². The minimum atomic E-state index is -0.150. The summed E-state index contributed by atoms with van der Waals surface area (Å²) in [6, 6.07) is 7.00. The van der Waals surface area contributed by atoms with Crippen LogP contribution in [0.15, 0.2) is 28.7 Å². The van der Waals surface area contributed by atoms with E-state index in [4.69, 9.17) is 13.9 Å². The van der Waals surface area contributed by atoms with Gasteiger partial charge < -0.3 is 13.9 Å². The summed E-state index contributed by atoms with van der Waals surface area (Å²) < 4.78 is 16.0. The van der Waals surface area contributed by atoms with Crippen molar-refractivity contribution in [3.8, 4) is 11.5 Å². The highest BCUT2D eigenvalue weighted by molar-refractivity contribution is 6.08.